The lowest BCUT2D eigenvalue weighted by Gasteiger charge is -2.60. The van der Waals surface area contributed by atoms with Crippen LogP contribution in [0.25, 0.3) is 0 Å². The number of esters is 1. The van der Waals surface area contributed by atoms with E-state index in [-0.39, 0.29) is 34.1 Å². The second-order valence-electron chi connectivity index (χ2n) is 10.7. The second kappa shape index (κ2) is 8.08. The molecule has 0 amide bonds. The highest BCUT2D eigenvalue weighted by atomic mass is 32.2. The van der Waals surface area contributed by atoms with Crippen LogP contribution in [-0.2, 0) is 23.9 Å². The van der Waals surface area contributed by atoms with Crippen LogP contribution in [0.5, 0.6) is 0 Å². The van der Waals surface area contributed by atoms with Crippen LogP contribution in [0.1, 0.15) is 72.6 Å². The molecule has 0 unspecified atom stereocenters. The molecular formula is C25H34O6S. The van der Waals surface area contributed by atoms with Crippen LogP contribution in [0, 0.1) is 28.6 Å². The number of carbonyl (C=O) groups excluding carboxylic acids is 4. The molecule has 7 heteroatoms. The molecule has 0 aromatic rings. The van der Waals surface area contributed by atoms with E-state index in [0.29, 0.717) is 31.1 Å². The third-order valence-electron chi connectivity index (χ3n) is 9.36. The fraction of sp³-hybridized carbons (Fsp3) is 0.760. The van der Waals surface area contributed by atoms with Gasteiger partial charge in [0, 0.05) is 36.3 Å². The highest BCUT2D eigenvalue weighted by Crippen LogP contribution is 2.68. The third-order valence-corrected chi connectivity index (χ3v) is 10.6. The molecule has 0 saturated heterocycles. The van der Waals surface area contributed by atoms with Gasteiger partial charge in [0.2, 0.25) is 5.78 Å². The Bertz CT molecular complexity index is 895. The summed E-state index contributed by atoms with van der Waals surface area (Å²) in [6.07, 6.45) is 6.68. The van der Waals surface area contributed by atoms with Gasteiger partial charge in [0.25, 0.3) is 0 Å². The molecule has 176 valence electrons. The molecule has 4 rings (SSSR count). The van der Waals surface area contributed by atoms with Crippen molar-refractivity contribution in [2.45, 2.75) is 83.5 Å². The van der Waals surface area contributed by atoms with Crippen LogP contribution in [0.2, 0.25) is 0 Å². The fourth-order valence-corrected chi connectivity index (χ4v) is 8.93. The summed E-state index contributed by atoms with van der Waals surface area (Å²) in [5, 5.41) is 11.6. The van der Waals surface area contributed by atoms with Crippen LogP contribution < -0.4 is 0 Å². The Hall–Kier alpha value is -1.47. The first-order chi connectivity index (χ1) is 14.9. The lowest BCUT2D eigenvalue weighted by Crippen LogP contribution is -2.59. The lowest BCUT2D eigenvalue weighted by atomic mass is 9.46. The minimum atomic E-state index is -1.48. The van der Waals surface area contributed by atoms with Crippen molar-refractivity contribution in [3.05, 3.63) is 11.6 Å². The van der Waals surface area contributed by atoms with Crippen LogP contribution in [0.4, 0.5) is 0 Å². The van der Waals surface area contributed by atoms with E-state index in [1.807, 2.05) is 13.0 Å². The van der Waals surface area contributed by atoms with Gasteiger partial charge in [0.05, 0.1) is 0 Å². The van der Waals surface area contributed by atoms with E-state index in [1.54, 1.807) is 6.92 Å². The van der Waals surface area contributed by atoms with Gasteiger partial charge in [-0.1, -0.05) is 31.2 Å². The lowest BCUT2D eigenvalue weighted by molar-refractivity contribution is -0.169. The molecule has 32 heavy (non-hydrogen) atoms. The molecule has 0 bridgehead atoms. The molecule has 4 aliphatic rings. The predicted molar refractivity (Wildman–Crippen MR) is 121 cm³/mol. The second-order valence-corrected chi connectivity index (χ2v) is 12.1. The smallest absolute Gasteiger partial charge is 0.303 e. The Morgan fingerprint density at radius 3 is 2.47 bits per heavy atom. The third kappa shape index (κ3) is 3.42. The molecule has 0 spiro atoms. The fourth-order valence-electron chi connectivity index (χ4n) is 7.71. The number of aliphatic hydroxyl groups is 1. The van der Waals surface area contributed by atoms with Crippen molar-refractivity contribution in [3.8, 4) is 0 Å². The van der Waals surface area contributed by atoms with Crippen LogP contribution in [0.15, 0.2) is 11.6 Å². The van der Waals surface area contributed by atoms with E-state index in [9.17, 15) is 24.3 Å². The highest BCUT2D eigenvalue weighted by molar-refractivity contribution is 8.14. The van der Waals surface area contributed by atoms with E-state index in [4.69, 9.17) is 4.74 Å². The van der Waals surface area contributed by atoms with Gasteiger partial charge in [0.15, 0.2) is 17.5 Å². The summed E-state index contributed by atoms with van der Waals surface area (Å²) in [5.41, 5.74) is -1.09. The van der Waals surface area contributed by atoms with Crippen molar-refractivity contribution in [3.63, 3.8) is 0 Å². The number of ketones is 2. The number of allylic oxidation sites excluding steroid dienone is 1. The van der Waals surface area contributed by atoms with Gasteiger partial charge >= 0.3 is 5.97 Å². The minimum absolute atomic E-state index is 0.0411. The van der Waals surface area contributed by atoms with Gasteiger partial charge in [0.1, 0.15) is 5.60 Å². The molecule has 1 N–H and O–H groups in total. The van der Waals surface area contributed by atoms with Crippen LogP contribution in [-0.4, -0.2) is 45.2 Å². The Balaban J connectivity index is 1.65. The zero-order chi connectivity index (χ0) is 23.5. The molecule has 0 aliphatic heterocycles. The first-order valence-corrected chi connectivity index (χ1v) is 12.6. The Labute approximate surface area is 193 Å². The van der Waals surface area contributed by atoms with Gasteiger partial charge in [-0.05, 0) is 62.4 Å². The Morgan fingerprint density at radius 1 is 1.12 bits per heavy atom. The summed E-state index contributed by atoms with van der Waals surface area (Å²) in [4.78, 5) is 48.6. The number of hydrogen-bond donors (Lipinski definition) is 1. The van der Waals surface area contributed by atoms with Crippen molar-refractivity contribution in [2.24, 2.45) is 28.6 Å². The first kappa shape index (κ1) is 23.7. The van der Waals surface area contributed by atoms with Crippen molar-refractivity contribution in [1.29, 1.82) is 0 Å². The van der Waals surface area contributed by atoms with Gasteiger partial charge < -0.3 is 9.84 Å². The summed E-state index contributed by atoms with van der Waals surface area (Å²) in [7, 11) is 0. The van der Waals surface area contributed by atoms with Crippen molar-refractivity contribution >= 4 is 34.4 Å². The molecule has 0 heterocycles. The van der Waals surface area contributed by atoms with E-state index in [2.05, 4.69) is 6.92 Å². The van der Waals surface area contributed by atoms with E-state index in [0.717, 1.165) is 25.7 Å². The summed E-state index contributed by atoms with van der Waals surface area (Å²) < 4.78 is 4.94. The average molecular weight is 463 g/mol. The number of thioether (sulfide) groups is 1. The van der Waals surface area contributed by atoms with Crippen LogP contribution in [0.3, 0.4) is 0 Å². The number of carbonyl (C=O) groups is 4. The molecular weight excluding hydrogens is 428 g/mol. The monoisotopic (exact) mass is 462 g/mol. The number of Topliss-reactive ketones (excluding diaryl/α,β-unsaturated/α-hetero) is 1. The summed E-state index contributed by atoms with van der Waals surface area (Å²) in [6.45, 7) is 6.72. The molecule has 6 nitrogen and oxygen atoms in total. The molecule has 0 aromatic carbocycles. The highest BCUT2D eigenvalue weighted by Gasteiger charge is 2.67. The predicted octanol–water partition coefficient (Wildman–Crippen LogP) is 3.64. The van der Waals surface area contributed by atoms with E-state index < -0.39 is 22.8 Å². The van der Waals surface area contributed by atoms with Gasteiger partial charge in [-0.25, -0.2) is 0 Å². The Morgan fingerprint density at radius 2 is 1.81 bits per heavy atom. The number of rotatable bonds is 4. The summed E-state index contributed by atoms with van der Waals surface area (Å²) in [6, 6.07) is 0. The zero-order valence-electron chi connectivity index (χ0n) is 19.4. The Kier molecular flexibility index (Phi) is 5.98. The van der Waals surface area contributed by atoms with Crippen molar-refractivity contribution in [1.82, 2.24) is 0 Å². The molecule has 4 aliphatic carbocycles. The molecule has 3 fully saturated rings. The average Bonchev–Trinajstić information content (AvgIpc) is 2.99. The normalized spacial score (nSPS) is 42.9. The number of fused-ring (bicyclic) bond motifs is 5. The topological polar surface area (TPSA) is 97.7 Å². The minimum Gasteiger partial charge on any atom is -0.458 e. The summed E-state index contributed by atoms with van der Waals surface area (Å²) in [5.74, 6) is 0.0251. The zero-order valence-corrected chi connectivity index (χ0v) is 20.3. The van der Waals surface area contributed by atoms with Gasteiger partial charge in [-0.3, -0.25) is 19.2 Å². The quantitative estimate of drug-likeness (QED) is 0.637. The maximum Gasteiger partial charge on any atom is 0.303 e. The maximum absolute atomic E-state index is 13.0. The molecule has 0 radical (unpaired) electrons. The first-order valence-electron chi connectivity index (χ1n) is 11.7. The van der Waals surface area contributed by atoms with Gasteiger partial charge in [-0.15, -0.1) is 0 Å². The van der Waals surface area contributed by atoms with E-state index in [1.165, 1.54) is 24.3 Å². The molecule has 7 atom stereocenters. The van der Waals surface area contributed by atoms with Gasteiger partial charge in [-0.2, -0.15) is 0 Å². The van der Waals surface area contributed by atoms with Crippen LogP contribution >= 0.6 is 11.8 Å². The molecule has 0 aromatic heterocycles. The summed E-state index contributed by atoms with van der Waals surface area (Å²) >= 11 is 1.31. The standard InChI is InChI=1S/C25H34O6S/c1-14(26)31-13-21(29)25(30)10-8-19-18-6-5-16-11-17(28)12-22(32-15(2)27)24(16,4)20(18)7-9-23(19,25)3/h11,18-20,22,30H,5-10,12-13H2,1-4H3/t18-,19-,20-,22+,23-,24-,25-/m0/s1. The largest absolute Gasteiger partial charge is 0.458 e. The SMILES string of the molecule is CC(=O)OCC(=O)[C@@]1(O)CC[C@H]2[C@@H]3CCC4=CC(=O)C[C@@H](SC(C)=O)[C@]4(C)[C@H]3CC[C@@]21C. The van der Waals surface area contributed by atoms with E-state index >= 15 is 0 Å². The van der Waals surface area contributed by atoms with Crippen molar-refractivity contribution < 1.29 is 29.0 Å². The van der Waals surface area contributed by atoms with Crippen molar-refractivity contribution in [2.75, 3.05) is 6.61 Å². The number of hydrogen-bond acceptors (Lipinski definition) is 7. The maximum atomic E-state index is 13.0. The number of ether oxygens (including phenoxy) is 1. The molecule has 3 saturated carbocycles.